The zero-order valence-electron chi connectivity index (χ0n) is 11.6. The van der Waals surface area contributed by atoms with Gasteiger partial charge in [0, 0.05) is 6.07 Å². The number of carbonyl (C=O) groups is 2. The molecule has 0 saturated carbocycles. The molecule has 1 saturated heterocycles. The van der Waals surface area contributed by atoms with E-state index >= 15 is 0 Å². The zero-order valence-corrected chi connectivity index (χ0v) is 11.6. The van der Waals surface area contributed by atoms with Gasteiger partial charge in [-0.05, 0) is 26.3 Å². The third-order valence-electron chi connectivity index (χ3n) is 3.41. The number of hydrogen-bond donors (Lipinski definition) is 0. The van der Waals surface area contributed by atoms with Crippen molar-refractivity contribution in [3.8, 4) is 0 Å². The average molecular weight is 282 g/mol. The van der Waals surface area contributed by atoms with Gasteiger partial charge >= 0.3 is 5.97 Å². The number of aryl methyl sites for hydroxylation is 1. The topological polar surface area (TPSA) is 81.8 Å². The van der Waals surface area contributed by atoms with Gasteiger partial charge < -0.3 is 9.26 Å². The van der Waals surface area contributed by atoms with Crippen LogP contribution in [0.3, 0.4) is 0 Å². The molecule has 2 rings (SSSR count). The lowest BCUT2D eigenvalue weighted by atomic mass is 10.0. The van der Waals surface area contributed by atoms with Crippen molar-refractivity contribution >= 4 is 11.9 Å². The summed E-state index contributed by atoms with van der Waals surface area (Å²) in [5.41, 5.74) is -0.487. The summed E-state index contributed by atoms with van der Waals surface area (Å²) < 4.78 is 10.5. The van der Waals surface area contributed by atoms with Crippen molar-refractivity contribution < 1.29 is 18.8 Å². The maximum Gasteiger partial charge on any atom is 0.323 e. The van der Waals surface area contributed by atoms with Crippen molar-refractivity contribution in [3.63, 3.8) is 0 Å². The second-order valence-electron chi connectivity index (χ2n) is 4.88. The van der Waals surface area contributed by atoms with Crippen LogP contribution in [-0.2, 0) is 9.53 Å². The van der Waals surface area contributed by atoms with E-state index < -0.39 is 17.5 Å². The summed E-state index contributed by atoms with van der Waals surface area (Å²) in [5, 5.41) is 0. The van der Waals surface area contributed by atoms with Crippen molar-refractivity contribution in [1.82, 2.24) is 9.64 Å². The van der Waals surface area contributed by atoms with E-state index in [1.807, 2.05) is 0 Å². The minimum atomic E-state index is -0.487. The van der Waals surface area contributed by atoms with E-state index in [-0.39, 0.29) is 12.5 Å². The van der Waals surface area contributed by atoms with Gasteiger partial charge in [0.15, 0.2) is 0 Å². The summed E-state index contributed by atoms with van der Waals surface area (Å²) in [7, 11) is 1.33. The van der Waals surface area contributed by atoms with E-state index in [0.29, 0.717) is 18.7 Å². The van der Waals surface area contributed by atoms with Crippen molar-refractivity contribution in [2.24, 2.45) is 0 Å². The normalized spacial score (nSPS) is 19.8. The standard InChI is InChI=1S/C13H18N2O5/c1-9-7-11(16)15(20-9)12(17)8-14-6-4-3-5-10(14)13(18)19-2/h7,10H,3-6,8H2,1-2H3. The highest BCUT2D eigenvalue weighted by atomic mass is 16.5. The molecule has 20 heavy (non-hydrogen) atoms. The molecule has 110 valence electrons. The van der Waals surface area contributed by atoms with E-state index in [9.17, 15) is 14.4 Å². The number of methoxy groups -OCH3 is 1. The Labute approximate surface area is 116 Å². The summed E-state index contributed by atoms with van der Waals surface area (Å²) >= 11 is 0. The fraction of sp³-hybridized carbons (Fsp3) is 0.615. The summed E-state index contributed by atoms with van der Waals surface area (Å²) in [6.07, 6.45) is 2.49. The van der Waals surface area contributed by atoms with Gasteiger partial charge in [0.1, 0.15) is 11.8 Å². The minimum absolute atomic E-state index is 0.0351. The second-order valence-corrected chi connectivity index (χ2v) is 4.88. The van der Waals surface area contributed by atoms with Crippen LogP contribution in [0.4, 0.5) is 0 Å². The van der Waals surface area contributed by atoms with Gasteiger partial charge in [-0.15, -0.1) is 4.74 Å². The summed E-state index contributed by atoms with van der Waals surface area (Å²) in [6, 6.07) is 0.829. The Balaban J connectivity index is 2.10. The van der Waals surface area contributed by atoms with Crippen LogP contribution in [-0.4, -0.2) is 47.8 Å². The number of piperidine rings is 1. The van der Waals surface area contributed by atoms with Crippen LogP contribution in [0, 0.1) is 6.92 Å². The van der Waals surface area contributed by atoms with Crippen molar-refractivity contribution in [1.29, 1.82) is 0 Å². The SMILES string of the molecule is COC(=O)C1CCCCN1CC(=O)n1oc(C)cc1=O. The largest absolute Gasteiger partial charge is 0.468 e. The third kappa shape index (κ3) is 2.98. The summed E-state index contributed by atoms with van der Waals surface area (Å²) in [4.78, 5) is 37.0. The fourth-order valence-electron chi connectivity index (χ4n) is 2.44. The molecule has 1 aromatic rings. The predicted octanol–water partition coefficient (Wildman–Crippen LogP) is 0.417. The first-order valence-electron chi connectivity index (χ1n) is 6.58. The number of rotatable bonds is 3. The Morgan fingerprint density at radius 1 is 1.45 bits per heavy atom. The first kappa shape index (κ1) is 14.5. The molecular weight excluding hydrogens is 264 g/mol. The molecule has 7 nitrogen and oxygen atoms in total. The second kappa shape index (κ2) is 6.04. The number of hydrogen-bond acceptors (Lipinski definition) is 6. The van der Waals surface area contributed by atoms with Gasteiger partial charge in [-0.2, -0.15) is 0 Å². The van der Waals surface area contributed by atoms with Crippen molar-refractivity contribution in [2.75, 3.05) is 20.2 Å². The van der Waals surface area contributed by atoms with E-state index in [1.165, 1.54) is 13.2 Å². The highest BCUT2D eigenvalue weighted by Gasteiger charge is 2.31. The van der Waals surface area contributed by atoms with Crippen LogP contribution < -0.4 is 5.56 Å². The third-order valence-corrected chi connectivity index (χ3v) is 3.41. The lowest BCUT2D eigenvalue weighted by Gasteiger charge is -2.32. The van der Waals surface area contributed by atoms with Gasteiger partial charge in [-0.3, -0.25) is 19.3 Å². The van der Waals surface area contributed by atoms with E-state index in [2.05, 4.69) is 0 Å². The molecule has 7 heteroatoms. The summed E-state index contributed by atoms with van der Waals surface area (Å²) in [5.74, 6) is -0.439. The fourth-order valence-corrected chi connectivity index (χ4v) is 2.44. The van der Waals surface area contributed by atoms with Gasteiger partial charge in [-0.25, -0.2) is 0 Å². The molecule has 1 aromatic heterocycles. The molecule has 1 fully saturated rings. The lowest BCUT2D eigenvalue weighted by molar-refractivity contribution is -0.148. The Kier molecular flexibility index (Phi) is 4.39. The molecule has 0 amide bonds. The highest BCUT2D eigenvalue weighted by Crippen LogP contribution is 2.17. The van der Waals surface area contributed by atoms with Gasteiger partial charge in [0.25, 0.3) is 11.5 Å². The van der Waals surface area contributed by atoms with Gasteiger partial charge in [0.2, 0.25) is 0 Å². The predicted molar refractivity (Wildman–Crippen MR) is 69.6 cm³/mol. The molecule has 0 aromatic carbocycles. The Bertz CT molecular complexity index is 559. The molecule has 0 radical (unpaired) electrons. The maximum atomic E-state index is 12.1. The molecule has 0 spiro atoms. The molecule has 0 N–H and O–H groups in total. The highest BCUT2D eigenvalue weighted by molar-refractivity contribution is 5.81. The first-order valence-corrected chi connectivity index (χ1v) is 6.58. The number of carbonyl (C=O) groups excluding carboxylic acids is 2. The van der Waals surface area contributed by atoms with Crippen molar-refractivity contribution in [2.45, 2.75) is 32.2 Å². The monoisotopic (exact) mass is 282 g/mol. The number of esters is 1. The molecule has 0 aliphatic carbocycles. The van der Waals surface area contributed by atoms with Gasteiger partial charge in [0.05, 0.1) is 13.7 Å². The van der Waals surface area contributed by atoms with E-state index in [4.69, 9.17) is 9.26 Å². The van der Waals surface area contributed by atoms with Crippen molar-refractivity contribution in [3.05, 3.63) is 22.2 Å². The molecular formula is C13H18N2O5. The number of aromatic nitrogens is 1. The maximum absolute atomic E-state index is 12.1. The molecule has 1 unspecified atom stereocenters. The zero-order chi connectivity index (χ0) is 14.7. The van der Waals surface area contributed by atoms with Crippen LogP contribution in [0.25, 0.3) is 0 Å². The quantitative estimate of drug-likeness (QED) is 0.747. The molecule has 2 heterocycles. The average Bonchev–Trinajstić information content (AvgIpc) is 2.77. The number of ether oxygens (including phenoxy) is 1. The summed E-state index contributed by atoms with van der Waals surface area (Å²) in [6.45, 7) is 2.19. The van der Waals surface area contributed by atoms with E-state index in [0.717, 1.165) is 17.6 Å². The minimum Gasteiger partial charge on any atom is -0.468 e. The van der Waals surface area contributed by atoms with Gasteiger partial charge in [-0.1, -0.05) is 6.42 Å². The smallest absolute Gasteiger partial charge is 0.323 e. The first-order chi connectivity index (χ1) is 9.52. The Morgan fingerprint density at radius 2 is 2.20 bits per heavy atom. The number of likely N-dealkylation sites (tertiary alicyclic amines) is 1. The lowest BCUT2D eigenvalue weighted by Crippen LogP contribution is -2.48. The molecule has 1 aliphatic rings. The molecule has 1 atom stereocenters. The van der Waals surface area contributed by atoms with Crippen LogP contribution in [0.5, 0.6) is 0 Å². The Morgan fingerprint density at radius 3 is 2.80 bits per heavy atom. The number of nitrogens with zero attached hydrogens (tertiary/aromatic N) is 2. The van der Waals surface area contributed by atoms with Crippen LogP contribution in [0.2, 0.25) is 0 Å². The molecule has 0 bridgehead atoms. The molecule has 1 aliphatic heterocycles. The van der Waals surface area contributed by atoms with Crippen LogP contribution in [0.1, 0.15) is 29.8 Å². The Hall–Kier alpha value is -1.89. The van der Waals surface area contributed by atoms with Crippen LogP contribution in [0.15, 0.2) is 15.4 Å². The van der Waals surface area contributed by atoms with E-state index in [1.54, 1.807) is 11.8 Å². The van der Waals surface area contributed by atoms with Crippen LogP contribution >= 0.6 is 0 Å².